The number of hydrogen-bond donors (Lipinski definition) is 1. The highest BCUT2D eigenvalue weighted by Crippen LogP contribution is 2.26. The van der Waals surface area contributed by atoms with Crippen LogP contribution in [0, 0.1) is 12.7 Å². The molecule has 2 aromatic carbocycles. The number of aliphatic imine (C=N–C) groups is 1. The molecule has 1 heterocycles. The Hall–Kier alpha value is -3.02. The summed E-state index contributed by atoms with van der Waals surface area (Å²) in [5, 5.41) is 2.80. The van der Waals surface area contributed by atoms with Crippen LogP contribution in [-0.4, -0.2) is 34.6 Å². The van der Waals surface area contributed by atoms with Crippen LogP contribution in [0.4, 0.5) is 10.1 Å². The van der Waals surface area contributed by atoms with Gasteiger partial charge in [0.2, 0.25) is 5.91 Å². The topological polar surface area (TPSA) is 61.8 Å². The Bertz CT molecular complexity index is 888. The number of halogens is 1. The van der Waals surface area contributed by atoms with E-state index >= 15 is 0 Å². The minimum absolute atomic E-state index is 0.117. The van der Waals surface area contributed by atoms with Crippen molar-refractivity contribution in [1.29, 1.82) is 0 Å². The van der Waals surface area contributed by atoms with Gasteiger partial charge in [-0.2, -0.15) is 0 Å². The van der Waals surface area contributed by atoms with E-state index in [1.165, 1.54) is 29.2 Å². The van der Waals surface area contributed by atoms with Crippen molar-refractivity contribution in [2.24, 2.45) is 4.99 Å². The van der Waals surface area contributed by atoms with Gasteiger partial charge >= 0.3 is 0 Å². The van der Waals surface area contributed by atoms with Gasteiger partial charge in [0.05, 0.1) is 0 Å². The van der Waals surface area contributed by atoms with Gasteiger partial charge in [-0.25, -0.2) is 4.39 Å². The molecule has 5 nitrogen and oxygen atoms in total. The number of benzene rings is 2. The molecule has 0 radical (unpaired) electrons. The van der Waals surface area contributed by atoms with Crippen molar-refractivity contribution in [3.05, 3.63) is 65.5 Å². The van der Waals surface area contributed by atoms with E-state index in [9.17, 15) is 14.0 Å². The molecule has 3 rings (SSSR count). The highest BCUT2D eigenvalue weighted by atomic mass is 19.1. The fraction of sp³-hybridized carbons (Fsp3) is 0.250. The van der Waals surface area contributed by atoms with Crippen molar-refractivity contribution < 1.29 is 14.0 Å². The molecule has 0 spiro atoms. The van der Waals surface area contributed by atoms with Crippen LogP contribution in [0.5, 0.6) is 0 Å². The van der Waals surface area contributed by atoms with Crippen molar-refractivity contribution >= 4 is 23.2 Å². The van der Waals surface area contributed by atoms with Crippen molar-refractivity contribution in [3.8, 4) is 0 Å². The number of anilines is 1. The lowest BCUT2D eigenvalue weighted by atomic mass is 10.1. The third-order valence-electron chi connectivity index (χ3n) is 4.21. The first-order valence-electron chi connectivity index (χ1n) is 8.30. The second kappa shape index (κ2) is 6.71. The van der Waals surface area contributed by atoms with E-state index in [4.69, 9.17) is 0 Å². The second-order valence-electron chi connectivity index (χ2n) is 6.77. The highest BCUT2D eigenvalue weighted by molar-refractivity contribution is 6.47. The van der Waals surface area contributed by atoms with Crippen LogP contribution in [0.1, 0.15) is 25.0 Å². The van der Waals surface area contributed by atoms with E-state index in [0.29, 0.717) is 11.3 Å². The quantitative estimate of drug-likeness (QED) is 0.918. The van der Waals surface area contributed by atoms with Crippen molar-refractivity contribution in [3.63, 3.8) is 0 Å². The zero-order valence-electron chi connectivity index (χ0n) is 14.9. The number of rotatable bonds is 4. The van der Waals surface area contributed by atoms with E-state index in [2.05, 4.69) is 10.3 Å². The fourth-order valence-electron chi connectivity index (χ4n) is 2.89. The first-order valence-corrected chi connectivity index (χ1v) is 8.30. The van der Waals surface area contributed by atoms with Crippen molar-refractivity contribution in [2.45, 2.75) is 26.4 Å². The molecule has 2 aromatic rings. The molecule has 0 aromatic heterocycles. The summed E-state index contributed by atoms with van der Waals surface area (Å²) in [6, 6.07) is 13.0. The summed E-state index contributed by atoms with van der Waals surface area (Å²) in [5.74, 6) is -1.03. The normalized spacial score (nSPS) is 15.8. The summed E-state index contributed by atoms with van der Waals surface area (Å²) in [4.78, 5) is 31.0. The van der Waals surface area contributed by atoms with E-state index in [0.717, 1.165) is 5.56 Å². The standard InChI is InChI=1S/C20H20FN3O2/c1-13-5-4-6-16(11-13)22-17(25)12-24-19(26)18(23-20(24,2)3)14-7-9-15(21)10-8-14/h4-11H,12H2,1-3H3,(H,22,25). The molecule has 6 heteroatoms. The Balaban J connectivity index is 1.75. The number of carbonyl (C=O) groups excluding carboxylic acids is 2. The summed E-state index contributed by atoms with van der Waals surface area (Å²) in [7, 11) is 0. The molecule has 1 N–H and O–H groups in total. The smallest absolute Gasteiger partial charge is 0.275 e. The van der Waals surface area contributed by atoms with Crippen LogP contribution >= 0.6 is 0 Å². The number of nitrogens with zero attached hydrogens (tertiary/aromatic N) is 2. The monoisotopic (exact) mass is 353 g/mol. The zero-order valence-corrected chi connectivity index (χ0v) is 14.9. The van der Waals surface area contributed by atoms with Crippen LogP contribution < -0.4 is 5.32 Å². The maximum absolute atomic E-state index is 13.1. The summed E-state index contributed by atoms with van der Waals surface area (Å²) in [6.07, 6.45) is 0. The first-order chi connectivity index (χ1) is 12.3. The van der Waals surface area contributed by atoms with E-state index in [1.54, 1.807) is 19.9 Å². The van der Waals surface area contributed by atoms with Gasteiger partial charge in [0, 0.05) is 11.3 Å². The molecule has 1 aliphatic heterocycles. The Labute approximate surface area is 151 Å². The lowest BCUT2D eigenvalue weighted by molar-refractivity contribution is -0.131. The lowest BCUT2D eigenvalue weighted by Crippen LogP contribution is -2.46. The minimum Gasteiger partial charge on any atom is -0.325 e. The van der Waals surface area contributed by atoms with E-state index < -0.39 is 5.66 Å². The molecule has 0 atom stereocenters. The van der Waals surface area contributed by atoms with Crippen LogP contribution in [-0.2, 0) is 9.59 Å². The number of aryl methyl sites for hydroxylation is 1. The maximum atomic E-state index is 13.1. The summed E-state index contributed by atoms with van der Waals surface area (Å²) < 4.78 is 13.1. The van der Waals surface area contributed by atoms with E-state index in [-0.39, 0.29) is 29.9 Å². The Morgan fingerprint density at radius 2 is 1.88 bits per heavy atom. The molecular weight excluding hydrogens is 333 g/mol. The predicted octanol–water partition coefficient (Wildman–Crippen LogP) is 3.14. The lowest BCUT2D eigenvalue weighted by Gasteiger charge is -2.28. The first kappa shape index (κ1) is 17.8. The van der Waals surface area contributed by atoms with E-state index in [1.807, 2.05) is 25.1 Å². The highest BCUT2D eigenvalue weighted by Gasteiger charge is 2.41. The van der Waals surface area contributed by atoms with Gasteiger partial charge in [0.25, 0.3) is 5.91 Å². The molecule has 2 amide bonds. The van der Waals surface area contributed by atoms with Crippen LogP contribution in [0.15, 0.2) is 53.5 Å². The van der Waals surface area contributed by atoms with Gasteiger partial charge in [-0.3, -0.25) is 14.6 Å². The molecule has 0 unspecified atom stereocenters. The van der Waals surface area contributed by atoms with Crippen molar-refractivity contribution in [1.82, 2.24) is 4.90 Å². The molecule has 0 saturated heterocycles. The maximum Gasteiger partial charge on any atom is 0.275 e. The number of amides is 2. The molecule has 0 saturated carbocycles. The molecule has 0 bridgehead atoms. The average molecular weight is 353 g/mol. The van der Waals surface area contributed by atoms with Crippen LogP contribution in [0.2, 0.25) is 0 Å². The molecule has 0 fully saturated rings. The van der Waals surface area contributed by atoms with Crippen molar-refractivity contribution in [2.75, 3.05) is 11.9 Å². The second-order valence-corrected chi connectivity index (χ2v) is 6.77. The fourth-order valence-corrected chi connectivity index (χ4v) is 2.89. The van der Waals surface area contributed by atoms with Gasteiger partial charge in [0.1, 0.15) is 23.7 Å². The number of carbonyl (C=O) groups is 2. The Morgan fingerprint density at radius 3 is 2.54 bits per heavy atom. The summed E-state index contributed by atoms with van der Waals surface area (Å²) in [5.41, 5.74) is 1.62. The molecular formula is C20H20FN3O2. The van der Waals surface area contributed by atoms with Gasteiger partial charge in [-0.15, -0.1) is 0 Å². The van der Waals surface area contributed by atoms with Gasteiger partial charge in [-0.05, 0) is 62.7 Å². The molecule has 26 heavy (non-hydrogen) atoms. The summed E-state index contributed by atoms with van der Waals surface area (Å²) in [6.45, 7) is 5.35. The Morgan fingerprint density at radius 1 is 1.19 bits per heavy atom. The van der Waals surface area contributed by atoms with Gasteiger partial charge in [-0.1, -0.05) is 12.1 Å². The van der Waals surface area contributed by atoms with Gasteiger partial charge < -0.3 is 10.2 Å². The number of nitrogens with one attached hydrogen (secondary N) is 1. The van der Waals surface area contributed by atoms with Crippen LogP contribution in [0.25, 0.3) is 0 Å². The Kier molecular flexibility index (Phi) is 4.59. The molecule has 0 aliphatic carbocycles. The minimum atomic E-state index is -0.856. The average Bonchev–Trinajstić information content (AvgIpc) is 2.79. The molecule has 134 valence electrons. The van der Waals surface area contributed by atoms with Crippen LogP contribution in [0.3, 0.4) is 0 Å². The number of hydrogen-bond acceptors (Lipinski definition) is 3. The third kappa shape index (κ3) is 3.64. The summed E-state index contributed by atoms with van der Waals surface area (Å²) >= 11 is 0. The SMILES string of the molecule is Cc1cccc(NC(=O)CN2C(=O)C(c3ccc(F)cc3)=NC2(C)C)c1. The van der Waals surface area contributed by atoms with Gasteiger partial charge in [0.15, 0.2) is 0 Å². The molecule has 1 aliphatic rings. The largest absolute Gasteiger partial charge is 0.325 e. The predicted molar refractivity (Wildman–Crippen MR) is 98.5 cm³/mol. The third-order valence-corrected chi connectivity index (χ3v) is 4.21. The zero-order chi connectivity index (χ0) is 18.9.